The number of hydrogen-bond acceptors (Lipinski definition) is 5. The van der Waals surface area contributed by atoms with E-state index in [2.05, 4.69) is 11.4 Å². The van der Waals surface area contributed by atoms with Crippen LogP contribution in [-0.2, 0) is 4.74 Å². The van der Waals surface area contributed by atoms with Crippen molar-refractivity contribution in [3.63, 3.8) is 0 Å². The van der Waals surface area contributed by atoms with Crippen molar-refractivity contribution in [1.29, 1.82) is 5.26 Å². The van der Waals surface area contributed by atoms with Crippen LogP contribution in [0.2, 0.25) is 0 Å². The molecule has 0 atom stereocenters. The second kappa shape index (κ2) is 6.02. The molecule has 0 saturated heterocycles. The molecule has 0 aliphatic heterocycles. The molecular weight excluding hydrogens is 270 g/mol. The number of anilines is 2. The van der Waals surface area contributed by atoms with E-state index in [4.69, 9.17) is 15.7 Å². The summed E-state index contributed by atoms with van der Waals surface area (Å²) in [7, 11) is 0. The topological polar surface area (TPSA) is 71.1 Å². The summed E-state index contributed by atoms with van der Waals surface area (Å²) in [5, 5.41) is 13.6. The SMILES string of the molecule is N#Cc1sc(NCCCOCC2CC2)c(C2CC2)c1N. The minimum Gasteiger partial charge on any atom is -0.397 e. The minimum atomic E-state index is 0.571. The van der Waals surface area contributed by atoms with E-state index in [1.165, 1.54) is 42.6 Å². The fraction of sp³-hybridized carbons (Fsp3) is 0.667. The highest BCUT2D eigenvalue weighted by Gasteiger charge is 2.31. The van der Waals surface area contributed by atoms with Crippen molar-refractivity contribution in [2.24, 2.45) is 5.92 Å². The predicted octanol–water partition coefficient (Wildman–Crippen LogP) is 3.31. The lowest BCUT2D eigenvalue weighted by Gasteiger charge is -2.07. The molecule has 0 bridgehead atoms. The largest absolute Gasteiger partial charge is 0.397 e. The van der Waals surface area contributed by atoms with E-state index in [1.54, 1.807) is 0 Å². The Hall–Kier alpha value is -1.25. The van der Waals surface area contributed by atoms with E-state index in [9.17, 15) is 0 Å². The molecule has 0 amide bonds. The number of nitrogen functional groups attached to an aromatic ring is 1. The average molecular weight is 291 g/mol. The molecule has 3 N–H and O–H groups in total. The third-order valence-corrected chi connectivity index (χ3v) is 4.96. The molecule has 0 spiro atoms. The fourth-order valence-electron chi connectivity index (χ4n) is 2.36. The summed E-state index contributed by atoms with van der Waals surface area (Å²) in [4.78, 5) is 0.652. The van der Waals surface area contributed by atoms with E-state index >= 15 is 0 Å². The number of nitrogens with zero attached hydrogens (tertiary/aromatic N) is 1. The van der Waals surface area contributed by atoms with Gasteiger partial charge in [-0.05, 0) is 43.9 Å². The van der Waals surface area contributed by atoms with E-state index < -0.39 is 0 Å². The zero-order chi connectivity index (χ0) is 13.9. The van der Waals surface area contributed by atoms with E-state index in [-0.39, 0.29) is 0 Å². The monoisotopic (exact) mass is 291 g/mol. The third-order valence-electron chi connectivity index (χ3n) is 3.87. The van der Waals surface area contributed by atoms with Gasteiger partial charge in [-0.2, -0.15) is 5.26 Å². The van der Waals surface area contributed by atoms with Gasteiger partial charge in [-0.1, -0.05) is 0 Å². The maximum atomic E-state index is 9.09. The Bertz CT molecular complexity index is 512. The van der Waals surface area contributed by atoms with Crippen LogP contribution < -0.4 is 11.1 Å². The van der Waals surface area contributed by atoms with Crippen LogP contribution in [0.1, 0.15) is 48.5 Å². The van der Waals surface area contributed by atoms with Crippen molar-refractivity contribution in [2.45, 2.75) is 38.0 Å². The summed E-state index contributed by atoms with van der Waals surface area (Å²) in [6.07, 6.45) is 6.08. The van der Waals surface area contributed by atoms with Gasteiger partial charge in [-0.25, -0.2) is 0 Å². The first-order valence-corrected chi connectivity index (χ1v) is 8.25. The van der Waals surface area contributed by atoms with Crippen LogP contribution >= 0.6 is 11.3 Å². The molecule has 2 saturated carbocycles. The Kier molecular flexibility index (Phi) is 4.13. The second-order valence-electron chi connectivity index (χ2n) is 5.77. The molecule has 20 heavy (non-hydrogen) atoms. The average Bonchev–Trinajstić information content (AvgIpc) is 3.34. The van der Waals surface area contributed by atoms with Gasteiger partial charge in [0, 0.05) is 25.3 Å². The Labute approximate surface area is 123 Å². The lowest BCUT2D eigenvalue weighted by atomic mass is 10.1. The van der Waals surface area contributed by atoms with E-state index in [0.29, 0.717) is 16.5 Å². The smallest absolute Gasteiger partial charge is 0.130 e. The summed E-state index contributed by atoms with van der Waals surface area (Å²) in [6.45, 7) is 2.63. The highest BCUT2D eigenvalue weighted by molar-refractivity contribution is 7.17. The maximum absolute atomic E-state index is 9.09. The van der Waals surface area contributed by atoms with Crippen molar-refractivity contribution in [3.8, 4) is 6.07 Å². The highest BCUT2D eigenvalue weighted by Crippen LogP contribution is 2.50. The number of nitrogens with two attached hydrogens (primary N) is 1. The predicted molar refractivity (Wildman–Crippen MR) is 82.1 cm³/mol. The van der Waals surface area contributed by atoms with Crippen LogP contribution in [0.3, 0.4) is 0 Å². The normalized spacial score (nSPS) is 17.9. The van der Waals surface area contributed by atoms with Crippen LogP contribution in [0.15, 0.2) is 0 Å². The molecule has 5 heteroatoms. The molecule has 4 nitrogen and oxygen atoms in total. The van der Waals surface area contributed by atoms with E-state index in [0.717, 1.165) is 37.1 Å². The zero-order valence-corrected chi connectivity index (χ0v) is 12.5. The quantitative estimate of drug-likeness (QED) is 0.721. The van der Waals surface area contributed by atoms with Gasteiger partial charge >= 0.3 is 0 Å². The first-order chi connectivity index (χ1) is 9.79. The zero-order valence-electron chi connectivity index (χ0n) is 11.7. The van der Waals surface area contributed by atoms with Gasteiger partial charge in [0.15, 0.2) is 0 Å². The molecule has 1 heterocycles. The summed E-state index contributed by atoms with van der Waals surface area (Å²) in [5.41, 5.74) is 7.96. The van der Waals surface area contributed by atoms with Crippen molar-refractivity contribution in [2.75, 3.05) is 30.8 Å². The maximum Gasteiger partial charge on any atom is 0.130 e. The second-order valence-corrected chi connectivity index (χ2v) is 6.79. The Balaban J connectivity index is 1.47. The van der Waals surface area contributed by atoms with Gasteiger partial charge in [0.1, 0.15) is 10.9 Å². The number of nitrogens with one attached hydrogen (secondary N) is 1. The van der Waals surface area contributed by atoms with Gasteiger partial charge in [-0.3, -0.25) is 0 Å². The van der Waals surface area contributed by atoms with Crippen LogP contribution in [0, 0.1) is 17.2 Å². The van der Waals surface area contributed by atoms with Gasteiger partial charge < -0.3 is 15.8 Å². The van der Waals surface area contributed by atoms with Crippen LogP contribution in [-0.4, -0.2) is 19.8 Å². The van der Waals surface area contributed by atoms with Gasteiger partial charge in [0.2, 0.25) is 0 Å². The molecule has 0 radical (unpaired) electrons. The van der Waals surface area contributed by atoms with Crippen molar-refractivity contribution >= 4 is 22.0 Å². The molecule has 0 aromatic carbocycles. The summed E-state index contributed by atoms with van der Waals surface area (Å²) in [5.74, 6) is 1.40. The Morgan fingerprint density at radius 3 is 2.80 bits per heavy atom. The first kappa shape index (κ1) is 13.7. The number of hydrogen-bond donors (Lipinski definition) is 2. The highest BCUT2D eigenvalue weighted by atomic mass is 32.1. The van der Waals surface area contributed by atoms with Crippen molar-refractivity contribution in [3.05, 3.63) is 10.4 Å². The van der Waals surface area contributed by atoms with Gasteiger partial charge in [0.05, 0.1) is 10.7 Å². The summed E-state index contributed by atoms with van der Waals surface area (Å²) >= 11 is 1.50. The molecule has 108 valence electrons. The van der Waals surface area contributed by atoms with Crippen molar-refractivity contribution < 1.29 is 4.74 Å². The lowest BCUT2D eigenvalue weighted by molar-refractivity contribution is 0.124. The molecule has 2 aliphatic carbocycles. The van der Waals surface area contributed by atoms with Crippen molar-refractivity contribution in [1.82, 2.24) is 0 Å². The molecule has 1 aromatic heterocycles. The van der Waals surface area contributed by atoms with Crippen LogP contribution in [0.5, 0.6) is 0 Å². The van der Waals surface area contributed by atoms with E-state index in [1.807, 2.05) is 0 Å². The van der Waals surface area contributed by atoms with Gasteiger partial charge in [0.25, 0.3) is 0 Å². The lowest BCUT2D eigenvalue weighted by Crippen LogP contribution is -2.07. The first-order valence-electron chi connectivity index (χ1n) is 7.43. The number of ether oxygens (including phenoxy) is 1. The molecule has 2 fully saturated rings. The summed E-state index contributed by atoms with van der Waals surface area (Å²) in [6, 6.07) is 2.20. The molecule has 3 rings (SSSR count). The molecule has 1 aromatic rings. The Morgan fingerprint density at radius 2 is 2.15 bits per heavy atom. The molecule has 2 aliphatic rings. The number of rotatable bonds is 8. The standard InChI is InChI=1S/C15H21N3OS/c16-8-12-14(17)13(11-4-5-11)15(20-12)18-6-1-7-19-9-10-2-3-10/h10-11,18H,1-7,9,17H2. The Morgan fingerprint density at radius 1 is 1.35 bits per heavy atom. The third kappa shape index (κ3) is 3.25. The fourth-order valence-corrected chi connectivity index (χ4v) is 3.39. The van der Waals surface area contributed by atoms with Crippen LogP contribution in [0.25, 0.3) is 0 Å². The minimum absolute atomic E-state index is 0.571. The number of thiophene rings is 1. The molecule has 0 unspecified atom stereocenters. The number of nitriles is 1. The van der Waals surface area contributed by atoms with Gasteiger partial charge in [-0.15, -0.1) is 11.3 Å². The summed E-state index contributed by atoms with van der Waals surface area (Å²) < 4.78 is 5.62. The molecular formula is C15H21N3OS. The van der Waals surface area contributed by atoms with Crippen LogP contribution in [0.4, 0.5) is 10.7 Å².